The highest BCUT2D eigenvalue weighted by Gasteiger charge is 2.30. The van der Waals surface area contributed by atoms with Gasteiger partial charge >= 0.3 is 5.97 Å². The molecule has 0 aliphatic heterocycles. The van der Waals surface area contributed by atoms with Gasteiger partial charge in [-0.15, -0.1) is 0 Å². The normalized spacial score (nSPS) is 13.5. The van der Waals surface area contributed by atoms with E-state index in [1.165, 1.54) is 10.6 Å². The van der Waals surface area contributed by atoms with Gasteiger partial charge in [0.05, 0.1) is 28.2 Å². The summed E-state index contributed by atoms with van der Waals surface area (Å²) in [5.74, 6) is -0.736. The first kappa shape index (κ1) is 30.5. The van der Waals surface area contributed by atoms with Crippen molar-refractivity contribution in [1.82, 2.24) is 9.29 Å². The SMILES string of the molecule is Cn1cc(-c2ccccc2C(=O)c2ccc(Cl)cc2)c([C@H](CC(=O)OC(C)(C)C)N[S@@](=O)C(C)(C)C)cc1=O. The molecule has 208 valence electrons. The number of ether oxygens (including phenoxy) is 1. The Kier molecular flexibility index (Phi) is 9.36. The highest BCUT2D eigenvalue weighted by molar-refractivity contribution is 7.84. The predicted molar refractivity (Wildman–Crippen MR) is 156 cm³/mol. The average molecular weight is 571 g/mol. The van der Waals surface area contributed by atoms with Gasteiger partial charge in [-0.1, -0.05) is 35.9 Å². The zero-order valence-corrected chi connectivity index (χ0v) is 24.9. The van der Waals surface area contributed by atoms with E-state index in [9.17, 15) is 18.6 Å². The number of benzene rings is 2. The molecule has 39 heavy (non-hydrogen) atoms. The molecule has 0 saturated carbocycles. The zero-order chi connectivity index (χ0) is 29.1. The first-order valence-electron chi connectivity index (χ1n) is 12.6. The molecule has 1 N–H and O–H groups in total. The second-order valence-corrected chi connectivity index (χ2v) is 13.7. The van der Waals surface area contributed by atoms with Crippen molar-refractivity contribution in [2.75, 3.05) is 0 Å². The standard InChI is InChI=1S/C30H35ClN2O5S/c1-29(2,3)38-27(35)17-25(32-39(37)30(4,5)6)23-16-26(34)33(7)18-24(23)21-10-8-9-11-22(21)28(36)19-12-14-20(31)15-13-19/h8-16,18,25,32H,17H2,1-7H3/t25-,39-/m0/s1. The lowest BCUT2D eigenvalue weighted by molar-refractivity contribution is -0.155. The van der Waals surface area contributed by atoms with E-state index in [1.54, 1.807) is 82.5 Å². The second-order valence-electron chi connectivity index (χ2n) is 11.3. The van der Waals surface area contributed by atoms with Crippen LogP contribution in [0, 0.1) is 0 Å². The summed E-state index contributed by atoms with van der Waals surface area (Å²) in [6, 6.07) is 14.3. The predicted octanol–water partition coefficient (Wildman–Crippen LogP) is 5.76. The molecule has 1 heterocycles. The van der Waals surface area contributed by atoms with E-state index < -0.39 is 33.3 Å². The van der Waals surface area contributed by atoms with Crippen molar-refractivity contribution in [3.63, 3.8) is 0 Å². The van der Waals surface area contributed by atoms with Gasteiger partial charge in [-0.3, -0.25) is 14.4 Å². The largest absolute Gasteiger partial charge is 0.460 e. The van der Waals surface area contributed by atoms with Gasteiger partial charge < -0.3 is 9.30 Å². The number of aryl methyl sites for hydroxylation is 1. The maximum atomic E-state index is 13.6. The fraction of sp³-hybridized carbons (Fsp3) is 0.367. The minimum Gasteiger partial charge on any atom is -0.460 e. The number of hydrogen-bond acceptors (Lipinski definition) is 5. The van der Waals surface area contributed by atoms with E-state index in [2.05, 4.69) is 4.72 Å². The van der Waals surface area contributed by atoms with Crippen LogP contribution in [0.25, 0.3) is 11.1 Å². The Morgan fingerprint density at radius 1 is 1.00 bits per heavy atom. The third-order valence-corrected chi connectivity index (χ3v) is 7.66. The van der Waals surface area contributed by atoms with Crippen molar-refractivity contribution in [3.05, 3.63) is 92.9 Å². The molecule has 9 heteroatoms. The number of halogens is 1. The van der Waals surface area contributed by atoms with Crippen LogP contribution in [0.2, 0.25) is 5.02 Å². The summed E-state index contributed by atoms with van der Waals surface area (Å²) in [5, 5.41) is 0.517. The molecule has 1 aromatic heterocycles. The number of esters is 1. The Balaban J connectivity index is 2.20. The number of aromatic nitrogens is 1. The van der Waals surface area contributed by atoms with E-state index in [0.717, 1.165) is 0 Å². The average Bonchev–Trinajstić information content (AvgIpc) is 2.83. The molecule has 0 radical (unpaired) electrons. The quantitative estimate of drug-likeness (QED) is 0.274. The van der Waals surface area contributed by atoms with E-state index in [-0.39, 0.29) is 17.8 Å². The molecule has 0 saturated heterocycles. The molecule has 0 unspecified atom stereocenters. The number of ketones is 1. The molecule has 0 amide bonds. The molecular formula is C30H35ClN2O5S. The molecule has 7 nitrogen and oxygen atoms in total. The molecule has 0 fully saturated rings. The number of pyridine rings is 1. The van der Waals surface area contributed by atoms with Crippen molar-refractivity contribution in [1.29, 1.82) is 0 Å². The summed E-state index contributed by atoms with van der Waals surface area (Å²) in [5.41, 5.74) is 1.40. The molecule has 2 atom stereocenters. The van der Waals surface area contributed by atoms with Crippen LogP contribution in [0.3, 0.4) is 0 Å². The van der Waals surface area contributed by atoms with Crippen LogP contribution in [0.1, 0.15) is 75.5 Å². The van der Waals surface area contributed by atoms with Crippen LogP contribution < -0.4 is 10.3 Å². The van der Waals surface area contributed by atoms with Crippen LogP contribution >= 0.6 is 11.6 Å². The fourth-order valence-electron chi connectivity index (χ4n) is 3.90. The summed E-state index contributed by atoms with van der Waals surface area (Å²) in [6.07, 6.45) is 1.46. The Morgan fingerprint density at radius 2 is 1.62 bits per heavy atom. The van der Waals surface area contributed by atoms with E-state index in [1.807, 2.05) is 20.8 Å². The van der Waals surface area contributed by atoms with Gasteiger partial charge in [0.1, 0.15) is 5.60 Å². The zero-order valence-electron chi connectivity index (χ0n) is 23.3. The molecule has 3 aromatic rings. The number of carbonyl (C=O) groups excluding carboxylic acids is 2. The minimum absolute atomic E-state index is 0.174. The smallest absolute Gasteiger partial charge is 0.308 e. The molecular weight excluding hydrogens is 536 g/mol. The summed E-state index contributed by atoms with van der Waals surface area (Å²) < 4.78 is 22.6. The van der Waals surface area contributed by atoms with Gasteiger partial charge in [0.2, 0.25) is 0 Å². The van der Waals surface area contributed by atoms with Gasteiger partial charge in [0, 0.05) is 41.0 Å². The first-order valence-corrected chi connectivity index (χ1v) is 14.1. The third-order valence-electron chi connectivity index (χ3n) is 5.80. The van der Waals surface area contributed by atoms with Crippen LogP contribution in [-0.4, -0.2) is 30.9 Å². The van der Waals surface area contributed by atoms with E-state index in [0.29, 0.717) is 32.8 Å². The maximum Gasteiger partial charge on any atom is 0.308 e. The van der Waals surface area contributed by atoms with Gasteiger partial charge in [-0.25, -0.2) is 8.93 Å². The monoisotopic (exact) mass is 570 g/mol. The summed E-state index contributed by atoms with van der Waals surface area (Å²) in [4.78, 5) is 39.4. The van der Waals surface area contributed by atoms with E-state index >= 15 is 0 Å². The number of hydrogen-bond donors (Lipinski definition) is 1. The number of carbonyl (C=O) groups is 2. The molecule has 0 spiro atoms. The van der Waals surface area contributed by atoms with Crippen LogP contribution in [0.5, 0.6) is 0 Å². The highest BCUT2D eigenvalue weighted by Crippen LogP contribution is 2.34. The first-order chi connectivity index (χ1) is 18.1. The van der Waals surface area contributed by atoms with Crippen molar-refractivity contribution in [3.8, 4) is 11.1 Å². The summed E-state index contributed by atoms with van der Waals surface area (Å²) in [7, 11) is 0.0377. The molecule has 0 aliphatic rings. The van der Waals surface area contributed by atoms with E-state index in [4.69, 9.17) is 16.3 Å². The van der Waals surface area contributed by atoms with Crippen LogP contribution in [-0.2, 0) is 27.6 Å². The number of nitrogens with zero attached hydrogens (tertiary/aromatic N) is 1. The Morgan fingerprint density at radius 3 is 2.21 bits per heavy atom. The van der Waals surface area contributed by atoms with Gasteiger partial charge in [-0.2, -0.15) is 0 Å². The number of rotatable bonds is 8. The van der Waals surface area contributed by atoms with Crippen LogP contribution in [0.4, 0.5) is 0 Å². The Hall–Kier alpha value is -3.07. The fourth-order valence-corrected chi connectivity index (χ4v) is 4.85. The van der Waals surface area contributed by atoms with Gasteiger partial charge in [0.25, 0.3) is 5.56 Å². The Bertz CT molecular complexity index is 1450. The molecule has 0 bridgehead atoms. The van der Waals surface area contributed by atoms with Gasteiger partial charge in [0.15, 0.2) is 5.78 Å². The van der Waals surface area contributed by atoms with Crippen molar-refractivity contribution < 1.29 is 18.5 Å². The van der Waals surface area contributed by atoms with Crippen molar-refractivity contribution >= 4 is 34.3 Å². The molecule has 0 aliphatic carbocycles. The third kappa shape index (κ3) is 7.97. The minimum atomic E-state index is -1.58. The summed E-state index contributed by atoms with van der Waals surface area (Å²) >= 11 is 6.02. The van der Waals surface area contributed by atoms with Gasteiger partial charge in [-0.05, 0) is 76.9 Å². The van der Waals surface area contributed by atoms with Crippen molar-refractivity contribution in [2.45, 2.75) is 64.4 Å². The Labute approximate surface area is 237 Å². The lowest BCUT2D eigenvalue weighted by Gasteiger charge is -2.27. The topological polar surface area (TPSA) is 94.5 Å². The molecule has 3 rings (SSSR count). The highest BCUT2D eigenvalue weighted by atomic mass is 35.5. The summed E-state index contributed by atoms with van der Waals surface area (Å²) in [6.45, 7) is 10.7. The van der Waals surface area contributed by atoms with Crippen molar-refractivity contribution in [2.24, 2.45) is 7.05 Å². The lowest BCUT2D eigenvalue weighted by atomic mass is 9.89. The number of nitrogens with one attached hydrogen (secondary N) is 1. The maximum absolute atomic E-state index is 13.6. The lowest BCUT2D eigenvalue weighted by Crippen LogP contribution is -2.38. The van der Waals surface area contributed by atoms with Crippen LogP contribution in [0.15, 0.2) is 65.6 Å². The molecule has 2 aromatic carbocycles. The second kappa shape index (κ2) is 12.0.